The topological polar surface area (TPSA) is 117 Å². The van der Waals surface area contributed by atoms with E-state index in [1.54, 1.807) is 19.7 Å². The predicted molar refractivity (Wildman–Crippen MR) is 134 cm³/mol. The Morgan fingerprint density at radius 3 is 2.47 bits per heavy atom. The maximum atomic E-state index is 13.2. The van der Waals surface area contributed by atoms with Crippen LogP contribution in [0.3, 0.4) is 0 Å². The number of rotatable bonds is 9. The van der Waals surface area contributed by atoms with Crippen molar-refractivity contribution in [1.82, 2.24) is 10.8 Å². The highest BCUT2D eigenvalue weighted by Crippen LogP contribution is 2.34. The van der Waals surface area contributed by atoms with Crippen LogP contribution in [0.1, 0.15) is 29.2 Å². The zero-order valence-electron chi connectivity index (χ0n) is 20.2. The molecule has 0 aromatic heterocycles. The first kappa shape index (κ1) is 25.2. The number of amides is 2. The largest absolute Gasteiger partial charge is 0.497 e. The minimum atomic E-state index is -0.738. The molecule has 0 bridgehead atoms. The number of aliphatic hydroxyl groups is 1. The zero-order valence-corrected chi connectivity index (χ0v) is 20.2. The zero-order chi connectivity index (χ0) is 25.7. The molecule has 8 heteroatoms. The third-order valence-electron chi connectivity index (χ3n) is 6.58. The standard InChI is InChI=1S/C28H30N2O6/c1-35-21-11-12-22(25(16-21)36-2)18-9-7-17(8-10-18)13-20(15-26(32)30-34)28(33)29-27-23-6-4-3-5-19(23)14-24(27)31/h3-12,16,20,24,27,31,34H,13-15H2,1-2H3,(H,29,33)(H,30,32). The minimum absolute atomic E-state index is 0.194. The van der Waals surface area contributed by atoms with Crippen molar-refractivity contribution < 1.29 is 29.4 Å². The molecule has 3 aromatic rings. The number of hydrogen-bond acceptors (Lipinski definition) is 6. The molecule has 0 spiro atoms. The predicted octanol–water partition coefficient (Wildman–Crippen LogP) is 3.20. The number of methoxy groups -OCH3 is 2. The molecule has 0 aliphatic heterocycles. The molecule has 4 rings (SSSR count). The van der Waals surface area contributed by atoms with Crippen LogP contribution in [-0.2, 0) is 22.4 Å². The molecule has 0 radical (unpaired) electrons. The summed E-state index contributed by atoms with van der Waals surface area (Å²) >= 11 is 0. The lowest BCUT2D eigenvalue weighted by molar-refractivity contribution is -0.135. The van der Waals surface area contributed by atoms with E-state index in [9.17, 15) is 14.7 Å². The molecule has 0 fully saturated rings. The van der Waals surface area contributed by atoms with Gasteiger partial charge in [0.1, 0.15) is 11.5 Å². The Labute approximate surface area is 209 Å². The van der Waals surface area contributed by atoms with Crippen molar-refractivity contribution in [2.24, 2.45) is 5.92 Å². The molecule has 3 aromatic carbocycles. The molecule has 3 atom stereocenters. The Morgan fingerprint density at radius 2 is 1.78 bits per heavy atom. The van der Waals surface area contributed by atoms with Gasteiger partial charge in [-0.3, -0.25) is 14.8 Å². The molecule has 1 aliphatic rings. The Balaban J connectivity index is 1.52. The first-order chi connectivity index (χ1) is 17.4. The van der Waals surface area contributed by atoms with E-state index < -0.39 is 24.0 Å². The second-order valence-corrected chi connectivity index (χ2v) is 8.86. The molecule has 2 amide bonds. The van der Waals surface area contributed by atoms with E-state index >= 15 is 0 Å². The number of fused-ring (bicyclic) bond motifs is 1. The number of carbonyl (C=O) groups excluding carboxylic acids is 2. The van der Waals surface area contributed by atoms with Gasteiger partial charge in [0, 0.05) is 24.5 Å². The van der Waals surface area contributed by atoms with Gasteiger partial charge >= 0.3 is 0 Å². The van der Waals surface area contributed by atoms with Crippen LogP contribution in [0, 0.1) is 5.92 Å². The highest BCUT2D eigenvalue weighted by Gasteiger charge is 2.34. The Bertz CT molecular complexity index is 1230. The van der Waals surface area contributed by atoms with Gasteiger partial charge in [-0.15, -0.1) is 0 Å². The van der Waals surface area contributed by atoms with E-state index in [1.165, 1.54) is 0 Å². The van der Waals surface area contributed by atoms with E-state index in [0.29, 0.717) is 17.9 Å². The average Bonchev–Trinajstić information content (AvgIpc) is 3.22. The quantitative estimate of drug-likeness (QED) is 0.270. The number of benzene rings is 3. The summed E-state index contributed by atoms with van der Waals surface area (Å²) in [7, 11) is 3.20. The van der Waals surface area contributed by atoms with Gasteiger partial charge in [0.25, 0.3) is 0 Å². The second kappa shape index (κ2) is 11.2. The lowest BCUT2D eigenvalue weighted by Crippen LogP contribution is -2.40. The first-order valence-corrected chi connectivity index (χ1v) is 11.7. The second-order valence-electron chi connectivity index (χ2n) is 8.86. The Morgan fingerprint density at radius 1 is 1.03 bits per heavy atom. The van der Waals surface area contributed by atoms with Crippen molar-refractivity contribution in [3.8, 4) is 22.6 Å². The summed E-state index contributed by atoms with van der Waals surface area (Å²) in [6.07, 6.45) is -0.193. The van der Waals surface area contributed by atoms with Crippen LogP contribution in [0.4, 0.5) is 0 Å². The lowest BCUT2D eigenvalue weighted by Gasteiger charge is -2.22. The third kappa shape index (κ3) is 5.50. The van der Waals surface area contributed by atoms with Crippen LogP contribution in [0.5, 0.6) is 11.5 Å². The van der Waals surface area contributed by atoms with Crippen LogP contribution in [0.15, 0.2) is 66.7 Å². The molecule has 4 N–H and O–H groups in total. The van der Waals surface area contributed by atoms with Gasteiger partial charge in [0.05, 0.1) is 32.3 Å². The number of hydrogen-bond donors (Lipinski definition) is 4. The Hall–Kier alpha value is -3.88. The normalized spacial score (nSPS) is 17.1. The molecule has 8 nitrogen and oxygen atoms in total. The van der Waals surface area contributed by atoms with Crippen LogP contribution in [-0.4, -0.2) is 42.5 Å². The molecular formula is C28H30N2O6. The number of aliphatic hydroxyl groups excluding tert-OH is 1. The molecule has 188 valence electrons. The summed E-state index contributed by atoms with van der Waals surface area (Å²) in [6, 6.07) is 20.3. The minimum Gasteiger partial charge on any atom is -0.497 e. The summed E-state index contributed by atoms with van der Waals surface area (Å²) in [5.74, 6) is -0.381. The Kier molecular flexibility index (Phi) is 7.87. The van der Waals surface area contributed by atoms with Crippen molar-refractivity contribution in [3.05, 3.63) is 83.4 Å². The van der Waals surface area contributed by atoms with Crippen molar-refractivity contribution in [2.75, 3.05) is 14.2 Å². The van der Waals surface area contributed by atoms with E-state index in [4.69, 9.17) is 14.7 Å². The summed E-state index contributed by atoms with van der Waals surface area (Å²) in [5.41, 5.74) is 6.16. The molecule has 0 heterocycles. The van der Waals surface area contributed by atoms with E-state index in [0.717, 1.165) is 27.8 Å². The summed E-state index contributed by atoms with van der Waals surface area (Å²) in [4.78, 5) is 25.2. The van der Waals surface area contributed by atoms with E-state index in [-0.39, 0.29) is 18.7 Å². The maximum absolute atomic E-state index is 13.2. The number of ether oxygens (including phenoxy) is 2. The molecule has 1 aliphatic carbocycles. The van der Waals surface area contributed by atoms with Crippen molar-refractivity contribution in [2.45, 2.75) is 31.4 Å². The van der Waals surface area contributed by atoms with Gasteiger partial charge < -0.3 is 19.9 Å². The molecule has 0 saturated heterocycles. The molecule has 36 heavy (non-hydrogen) atoms. The van der Waals surface area contributed by atoms with Crippen molar-refractivity contribution in [1.29, 1.82) is 0 Å². The SMILES string of the molecule is COc1ccc(-c2ccc(CC(CC(=O)NO)C(=O)NC3c4ccccc4CC3O)cc2)c(OC)c1. The molecule has 3 unspecified atom stereocenters. The van der Waals surface area contributed by atoms with Crippen molar-refractivity contribution >= 4 is 11.8 Å². The highest BCUT2D eigenvalue weighted by atomic mass is 16.5. The third-order valence-corrected chi connectivity index (χ3v) is 6.58. The summed E-state index contributed by atoms with van der Waals surface area (Å²) < 4.78 is 10.8. The average molecular weight is 491 g/mol. The van der Waals surface area contributed by atoms with Crippen molar-refractivity contribution in [3.63, 3.8) is 0 Å². The fourth-order valence-electron chi connectivity index (χ4n) is 4.69. The molecule has 0 saturated carbocycles. The smallest absolute Gasteiger partial charge is 0.244 e. The van der Waals surface area contributed by atoms with Crippen LogP contribution in [0.2, 0.25) is 0 Å². The first-order valence-electron chi connectivity index (χ1n) is 11.7. The summed E-state index contributed by atoms with van der Waals surface area (Å²) in [5, 5.41) is 22.5. The van der Waals surface area contributed by atoms with E-state index in [1.807, 2.05) is 66.7 Å². The molecular weight excluding hydrogens is 460 g/mol. The van der Waals surface area contributed by atoms with Gasteiger partial charge in [-0.25, -0.2) is 5.48 Å². The number of nitrogens with one attached hydrogen (secondary N) is 2. The fourth-order valence-corrected chi connectivity index (χ4v) is 4.69. The van der Waals surface area contributed by atoms with Crippen LogP contribution < -0.4 is 20.3 Å². The van der Waals surface area contributed by atoms with Gasteiger partial charge in [-0.1, -0.05) is 48.5 Å². The summed E-state index contributed by atoms with van der Waals surface area (Å²) in [6.45, 7) is 0. The van der Waals surface area contributed by atoms with Gasteiger partial charge in [0.2, 0.25) is 11.8 Å². The lowest BCUT2D eigenvalue weighted by atomic mass is 9.93. The maximum Gasteiger partial charge on any atom is 0.244 e. The van der Waals surface area contributed by atoms with Crippen LogP contribution in [0.25, 0.3) is 11.1 Å². The van der Waals surface area contributed by atoms with E-state index in [2.05, 4.69) is 5.32 Å². The van der Waals surface area contributed by atoms with Gasteiger partial charge in [0.15, 0.2) is 0 Å². The van der Waals surface area contributed by atoms with Gasteiger partial charge in [-0.2, -0.15) is 0 Å². The fraction of sp³-hybridized carbons (Fsp3) is 0.286. The van der Waals surface area contributed by atoms with Gasteiger partial charge in [-0.05, 0) is 40.8 Å². The monoisotopic (exact) mass is 490 g/mol. The number of carbonyl (C=O) groups is 2. The number of hydroxylamine groups is 1. The highest BCUT2D eigenvalue weighted by molar-refractivity contribution is 5.86. The van der Waals surface area contributed by atoms with Crippen LogP contribution >= 0.6 is 0 Å².